The summed E-state index contributed by atoms with van der Waals surface area (Å²) in [5, 5.41) is 7.46. The van der Waals surface area contributed by atoms with Crippen LogP contribution in [0.3, 0.4) is 0 Å². The summed E-state index contributed by atoms with van der Waals surface area (Å²) in [5.74, 6) is 0. The van der Waals surface area contributed by atoms with Gasteiger partial charge in [-0.15, -0.1) is 0 Å². The van der Waals surface area contributed by atoms with Crippen molar-refractivity contribution >= 4 is 0 Å². The lowest BCUT2D eigenvalue weighted by Crippen LogP contribution is -2.27. The molecule has 3 rings (SSSR count). The summed E-state index contributed by atoms with van der Waals surface area (Å²) in [5.41, 5.74) is 4.59. The minimum absolute atomic E-state index is 0.841. The first-order valence-corrected chi connectivity index (χ1v) is 9.07. The van der Waals surface area contributed by atoms with E-state index in [4.69, 9.17) is 0 Å². The molecule has 0 atom stereocenters. The zero-order valence-electron chi connectivity index (χ0n) is 15.6. The highest BCUT2D eigenvalue weighted by Crippen LogP contribution is 2.22. The molecule has 1 N–H and O–H groups in total. The van der Waals surface area contributed by atoms with E-state index in [1.165, 1.54) is 11.1 Å². The lowest BCUT2D eigenvalue weighted by Gasteiger charge is -2.23. The number of hydrogen-bond acceptors (Lipinski definition) is 4. The minimum Gasteiger partial charge on any atom is -0.309 e. The molecule has 0 aliphatic heterocycles. The highest BCUT2D eigenvalue weighted by atomic mass is 15.2. The number of pyridine rings is 1. The molecular weight excluding hydrogens is 322 g/mol. The van der Waals surface area contributed by atoms with E-state index in [9.17, 15) is 0 Å². The minimum atomic E-state index is 0.841. The topological polar surface area (TPSA) is 48.1 Å². The summed E-state index contributed by atoms with van der Waals surface area (Å²) in [6.07, 6.45) is 4.93. The van der Waals surface area contributed by atoms with Crippen LogP contribution >= 0.6 is 0 Å². The van der Waals surface area contributed by atoms with E-state index in [0.717, 1.165) is 44.0 Å². The van der Waals surface area contributed by atoms with Crippen molar-refractivity contribution in [3.63, 3.8) is 0 Å². The number of aromatic nitrogens is 3. The number of nitrogens with zero attached hydrogens (tertiary/aromatic N) is 4. The van der Waals surface area contributed by atoms with Crippen LogP contribution in [-0.4, -0.2) is 52.2 Å². The molecule has 26 heavy (non-hydrogen) atoms. The lowest BCUT2D eigenvalue weighted by atomic mass is 10.1. The van der Waals surface area contributed by atoms with Crippen molar-refractivity contribution in [2.75, 3.05) is 27.2 Å². The van der Waals surface area contributed by atoms with Crippen molar-refractivity contribution in [1.82, 2.24) is 25.0 Å². The highest BCUT2D eigenvalue weighted by Gasteiger charge is 2.13. The fourth-order valence-corrected chi connectivity index (χ4v) is 3.07. The van der Waals surface area contributed by atoms with Gasteiger partial charge >= 0.3 is 0 Å². The highest BCUT2D eigenvalue weighted by molar-refractivity contribution is 5.62. The normalized spacial score (nSPS) is 11.4. The van der Waals surface area contributed by atoms with Crippen LogP contribution in [0.2, 0.25) is 0 Å². The van der Waals surface area contributed by atoms with Crippen molar-refractivity contribution in [2.24, 2.45) is 0 Å². The average molecular weight is 349 g/mol. The summed E-state index contributed by atoms with van der Waals surface area (Å²) < 4.78 is 0. The van der Waals surface area contributed by atoms with Crippen molar-refractivity contribution in [2.45, 2.75) is 19.5 Å². The van der Waals surface area contributed by atoms with E-state index in [1.54, 1.807) is 0 Å². The monoisotopic (exact) mass is 349 g/mol. The summed E-state index contributed by atoms with van der Waals surface area (Å²) in [7, 11) is 4.24. The molecule has 3 aromatic rings. The first kappa shape index (κ1) is 18.3. The molecule has 0 spiro atoms. The van der Waals surface area contributed by atoms with Gasteiger partial charge in [0.25, 0.3) is 0 Å². The molecule has 5 heteroatoms. The largest absolute Gasteiger partial charge is 0.309 e. The Morgan fingerprint density at radius 3 is 2.46 bits per heavy atom. The van der Waals surface area contributed by atoms with Gasteiger partial charge in [0.05, 0.1) is 17.6 Å². The molecular formula is C21H27N5. The Morgan fingerprint density at radius 2 is 1.73 bits per heavy atom. The van der Waals surface area contributed by atoms with Crippen LogP contribution in [0.15, 0.2) is 60.9 Å². The number of hydrogen-bond donors (Lipinski definition) is 1. The third-order valence-corrected chi connectivity index (χ3v) is 4.37. The van der Waals surface area contributed by atoms with Gasteiger partial charge < -0.3 is 4.90 Å². The molecule has 0 bridgehead atoms. The van der Waals surface area contributed by atoms with Crippen LogP contribution in [0.1, 0.15) is 17.7 Å². The van der Waals surface area contributed by atoms with Gasteiger partial charge in [-0.05, 0) is 44.8 Å². The van der Waals surface area contributed by atoms with Gasteiger partial charge in [-0.25, -0.2) is 0 Å². The third kappa shape index (κ3) is 5.25. The van der Waals surface area contributed by atoms with Crippen molar-refractivity contribution in [3.8, 4) is 11.3 Å². The van der Waals surface area contributed by atoms with Crippen LogP contribution in [0.4, 0.5) is 0 Å². The fraction of sp³-hybridized carbons (Fsp3) is 0.333. The first-order chi connectivity index (χ1) is 12.7. The van der Waals surface area contributed by atoms with E-state index in [0.29, 0.717) is 0 Å². The van der Waals surface area contributed by atoms with Gasteiger partial charge in [0.2, 0.25) is 0 Å². The van der Waals surface area contributed by atoms with E-state index in [-0.39, 0.29) is 0 Å². The first-order valence-electron chi connectivity index (χ1n) is 9.07. The molecule has 2 heterocycles. The summed E-state index contributed by atoms with van der Waals surface area (Å²) in [6, 6.07) is 16.5. The van der Waals surface area contributed by atoms with Crippen LogP contribution in [0.25, 0.3) is 11.3 Å². The quantitative estimate of drug-likeness (QED) is 0.643. The Hall–Kier alpha value is -2.50. The standard InChI is InChI=1S/C21H27N5/c1-25(2)13-8-14-26(17-20-11-6-7-12-22-20)16-19-15-23-24-21(19)18-9-4-3-5-10-18/h3-7,9-12,15H,8,13-14,16-17H2,1-2H3,(H,23,24). The molecule has 1 aromatic carbocycles. The van der Waals surface area contributed by atoms with Crippen molar-refractivity contribution in [1.29, 1.82) is 0 Å². The van der Waals surface area contributed by atoms with Crippen LogP contribution in [-0.2, 0) is 13.1 Å². The van der Waals surface area contributed by atoms with E-state index >= 15 is 0 Å². The van der Waals surface area contributed by atoms with E-state index in [2.05, 4.69) is 69.4 Å². The van der Waals surface area contributed by atoms with Crippen LogP contribution < -0.4 is 0 Å². The van der Waals surface area contributed by atoms with Crippen molar-refractivity contribution < 1.29 is 0 Å². The summed E-state index contributed by atoms with van der Waals surface area (Å²) in [4.78, 5) is 9.17. The van der Waals surface area contributed by atoms with Crippen LogP contribution in [0, 0.1) is 0 Å². The smallest absolute Gasteiger partial charge is 0.0695 e. The van der Waals surface area contributed by atoms with Gasteiger partial charge in [-0.3, -0.25) is 15.0 Å². The Balaban J connectivity index is 1.74. The van der Waals surface area contributed by atoms with Gasteiger partial charge in [0.15, 0.2) is 0 Å². The van der Waals surface area contributed by atoms with Gasteiger partial charge in [0.1, 0.15) is 0 Å². The molecule has 2 aromatic heterocycles. The SMILES string of the molecule is CN(C)CCCN(Cc1ccccn1)Cc1cn[nH]c1-c1ccccc1. The lowest BCUT2D eigenvalue weighted by molar-refractivity contribution is 0.237. The second-order valence-electron chi connectivity index (χ2n) is 6.82. The van der Waals surface area contributed by atoms with Gasteiger partial charge in [0, 0.05) is 31.4 Å². The zero-order chi connectivity index (χ0) is 18.2. The number of nitrogens with one attached hydrogen (secondary N) is 1. The van der Waals surface area contributed by atoms with Crippen molar-refractivity contribution in [3.05, 3.63) is 72.2 Å². The molecule has 0 unspecified atom stereocenters. The summed E-state index contributed by atoms with van der Waals surface area (Å²) in [6.45, 7) is 3.79. The second kappa shape index (κ2) is 9.27. The Kier molecular flexibility index (Phi) is 6.52. The number of benzene rings is 1. The predicted molar refractivity (Wildman–Crippen MR) is 106 cm³/mol. The zero-order valence-corrected chi connectivity index (χ0v) is 15.6. The maximum absolute atomic E-state index is 4.50. The average Bonchev–Trinajstić information content (AvgIpc) is 3.11. The Labute approximate surface area is 155 Å². The number of aromatic amines is 1. The molecule has 0 aliphatic carbocycles. The maximum Gasteiger partial charge on any atom is 0.0695 e. The second-order valence-corrected chi connectivity index (χ2v) is 6.82. The Morgan fingerprint density at radius 1 is 0.923 bits per heavy atom. The molecule has 0 fully saturated rings. The third-order valence-electron chi connectivity index (χ3n) is 4.37. The molecule has 136 valence electrons. The molecule has 0 saturated carbocycles. The number of rotatable bonds is 9. The maximum atomic E-state index is 4.50. The van der Waals surface area contributed by atoms with Gasteiger partial charge in [-0.2, -0.15) is 5.10 Å². The van der Waals surface area contributed by atoms with Crippen LogP contribution in [0.5, 0.6) is 0 Å². The fourth-order valence-electron chi connectivity index (χ4n) is 3.07. The number of H-pyrrole nitrogens is 1. The molecule has 0 amide bonds. The molecule has 0 radical (unpaired) electrons. The summed E-state index contributed by atoms with van der Waals surface area (Å²) >= 11 is 0. The molecule has 0 aliphatic rings. The van der Waals surface area contributed by atoms with E-state index in [1.807, 2.05) is 30.6 Å². The van der Waals surface area contributed by atoms with Gasteiger partial charge in [-0.1, -0.05) is 36.4 Å². The predicted octanol–water partition coefficient (Wildman–Crippen LogP) is 3.43. The van der Waals surface area contributed by atoms with E-state index < -0.39 is 0 Å². The Bertz CT molecular complexity index is 767. The molecule has 0 saturated heterocycles. The molecule has 5 nitrogen and oxygen atoms in total.